The topological polar surface area (TPSA) is 116 Å². The lowest BCUT2D eigenvalue weighted by atomic mass is 10.0. The molecule has 1 aliphatic carbocycles. The van der Waals surface area contributed by atoms with Crippen molar-refractivity contribution in [1.82, 2.24) is 40.0 Å². The molecule has 4 heterocycles. The number of aromatic nitrogens is 8. The van der Waals surface area contributed by atoms with E-state index in [9.17, 15) is 13.6 Å². The van der Waals surface area contributed by atoms with Gasteiger partial charge in [0.15, 0.2) is 5.01 Å². The summed E-state index contributed by atoms with van der Waals surface area (Å²) in [6.07, 6.45) is 3.60. The third-order valence-corrected chi connectivity index (χ3v) is 5.99. The van der Waals surface area contributed by atoms with Crippen molar-refractivity contribution in [2.24, 2.45) is 0 Å². The summed E-state index contributed by atoms with van der Waals surface area (Å²) in [6.45, 7) is 3.88. The Balaban J connectivity index is 1.40. The van der Waals surface area contributed by atoms with Crippen LogP contribution in [0.15, 0.2) is 30.0 Å². The zero-order chi connectivity index (χ0) is 23.1. The molecule has 1 N–H and O–H groups in total. The van der Waals surface area contributed by atoms with Gasteiger partial charge < -0.3 is 5.32 Å². The fraction of sp³-hybridized carbons (Fsp3) is 0.350. The van der Waals surface area contributed by atoms with Gasteiger partial charge in [0.2, 0.25) is 5.82 Å². The molecule has 13 heteroatoms. The Labute approximate surface area is 190 Å². The average molecular weight is 471 g/mol. The highest BCUT2D eigenvalue weighted by Crippen LogP contribution is 2.37. The highest BCUT2D eigenvalue weighted by Gasteiger charge is 2.26. The van der Waals surface area contributed by atoms with Crippen molar-refractivity contribution >= 4 is 23.1 Å². The fourth-order valence-electron chi connectivity index (χ4n) is 3.33. The summed E-state index contributed by atoms with van der Waals surface area (Å²) >= 11 is 1.27. The van der Waals surface area contributed by atoms with E-state index in [2.05, 4.69) is 35.9 Å². The summed E-state index contributed by atoms with van der Waals surface area (Å²) in [5.74, 6) is 0.220. The lowest BCUT2D eigenvalue weighted by Gasteiger charge is -2.09. The minimum absolute atomic E-state index is 0.00450. The van der Waals surface area contributed by atoms with Crippen LogP contribution in [0.3, 0.4) is 0 Å². The minimum atomic E-state index is -2.73. The molecule has 0 aromatic carbocycles. The Bertz CT molecular complexity index is 1310. The van der Waals surface area contributed by atoms with Crippen LogP contribution < -0.4 is 5.32 Å². The molecule has 0 radical (unpaired) electrons. The molecular formula is C20H19F2N9OS. The first-order chi connectivity index (χ1) is 15.9. The van der Waals surface area contributed by atoms with Gasteiger partial charge in [-0.1, -0.05) is 0 Å². The van der Waals surface area contributed by atoms with Crippen molar-refractivity contribution < 1.29 is 13.6 Å². The van der Waals surface area contributed by atoms with E-state index in [4.69, 9.17) is 0 Å². The Kier molecular flexibility index (Phi) is 5.40. The number of halogens is 2. The summed E-state index contributed by atoms with van der Waals surface area (Å²) in [6, 6.07) is 1.71. The van der Waals surface area contributed by atoms with Gasteiger partial charge in [0.05, 0.1) is 18.3 Å². The van der Waals surface area contributed by atoms with E-state index in [1.54, 1.807) is 20.9 Å². The largest absolute Gasteiger partial charge is 0.304 e. The maximum Gasteiger partial charge on any atom is 0.275 e. The Hall–Kier alpha value is -3.61. The zero-order valence-corrected chi connectivity index (χ0v) is 18.5. The summed E-state index contributed by atoms with van der Waals surface area (Å²) in [4.78, 5) is 21.1. The maximum absolute atomic E-state index is 13.6. The standard InChI is InChI=1S/C20H19F2N9OS/c1-10(2)31-18(27-28-29-31)20-26-16(9-33-20)25-19(32)15-5-13(14(7-23-15)17(21)22)11-6-24-30(8-11)12-3-4-12/h5-10,12,17H,3-4H2,1-2H3,(H,25,32). The molecule has 0 bridgehead atoms. The van der Waals surface area contributed by atoms with E-state index >= 15 is 0 Å². The van der Waals surface area contributed by atoms with E-state index in [-0.39, 0.29) is 22.9 Å². The highest BCUT2D eigenvalue weighted by molar-refractivity contribution is 7.13. The number of hydrogen-bond donors (Lipinski definition) is 1. The van der Waals surface area contributed by atoms with Gasteiger partial charge in [-0.25, -0.2) is 18.4 Å². The van der Waals surface area contributed by atoms with E-state index in [0.29, 0.717) is 28.3 Å². The second kappa shape index (κ2) is 8.39. The molecule has 4 aromatic rings. The first kappa shape index (κ1) is 21.2. The number of carbonyl (C=O) groups excluding carboxylic acids is 1. The molecule has 1 fully saturated rings. The Morgan fingerprint density at radius 1 is 1.27 bits per heavy atom. The number of anilines is 1. The molecule has 33 heavy (non-hydrogen) atoms. The summed E-state index contributed by atoms with van der Waals surface area (Å²) in [7, 11) is 0. The summed E-state index contributed by atoms with van der Waals surface area (Å²) < 4.78 is 30.6. The van der Waals surface area contributed by atoms with Gasteiger partial charge in [-0.15, -0.1) is 16.4 Å². The molecule has 0 unspecified atom stereocenters. The van der Waals surface area contributed by atoms with Crippen LogP contribution in [-0.4, -0.2) is 45.9 Å². The van der Waals surface area contributed by atoms with Gasteiger partial charge in [-0.05, 0) is 48.7 Å². The molecule has 0 aliphatic heterocycles. The molecule has 5 rings (SSSR count). The monoisotopic (exact) mass is 471 g/mol. The van der Waals surface area contributed by atoms with Crippen molar-refractivity contribution in [2.45, 2.75) is 45.2 Å². The van der Waals surface area contributed by atoms with Gasteiger partial charge >= 0.3 is 0 Å². The average Bonchev–Trinajstić information content (AvgIpc) is 3.20. The number of alkyl halides is 2. The number of amides is 1. The smallest absolute Gasteiger partial charge is 0.275 e. The van der Waals surface area contributed by atoms with Crippen LogP contribution in [0.5, 0.6) is 0 Å². The predicted octanol–water partition coefficient (Wildman–Crippen LogP) is 4.16. The first-order valence-electron chi connectivity index (χ1n) is 10.3. The molecule has 1 aliphatic rings. The van der Waals surface area contributed by atoms with Crippen LogP contribution in [-0.2, 0) is 0 Å². The van der Waals surface area contributed by atoms with Crippen molar-refractivity contribution in [3.8, 4) is 22.0 Å². The van der Waals surface area contributed by atoms with Crippen LogP contribution in [0, 0.1) is 0 Å². The van der Waals surface area contributed by atoms with Crippen LogP contribution in [0.1, 0.15) is 61.3 Å². The van der Waals surface area contributed by atoms with Crippen LogP contribution >= 0.6 is 11.3 Å². The van der Waals surface area contributed by atoms with E-state index in [1.165, 1.54) is 23.6 Å². The molecular weight excluding hydrogens is 452 g/mol. The molecule has 0 spiro atoms. The maximum atomic E-state index is 13.6. The van der Waals surface area contributed by atoms with E-state index in [0.717, 1.165) is 19.0 Å². The number of rotatable bonds is 7. The second-order valence-electron chi connectivity index (χ2n) is 7.93. The van der Waals surface area contributed by atoms with Crippen molar-refractivity contribution in [3.63, 3.8) is 0 Å². The molecule has 4 aromatic heterocycles. The zero-order valence-electron chi connectivity index (χ0n) is 17.7. The van der Waals surface area contributed by atoms with Crippen molar-refractivity contribution in [2.75, 3.05) is 5.32 Å². The first-order valence-corrected chi connectivity index (χ1v) is 11.2. The lowest BCUT2D eigenvalue weighted by Crippen LogP contribution is -2.14. The minimum Gasteiger partial charge on any atom is -0.304 e. The van der Waals surface area contributed by atoms with E-state index in [1.807, 2.05) is 13.8 Å². The fourth-order valence-corrected chi connectivity index (χ4v) is 4.05. The predicted molar refractivity (Wildman–Crippen MR) is 116 cm³/mol. The number of tetrazole rings is 1. The number of nitrogens with zero attached hydrogens (tertiary/aromatic N) is 8. The quantitative estimate of drug-likeness (QED) is 0.430. The van der Waals surface area contributed by atoms with Gasteiger partial charge in [-0.2, -0.15) is 5.10 Å². The van der Waals surface area contributed by atoms with Gasteiger partial charge in [0, 0.05) is 28.9 Å². The van der Waals surface area contributed by atoms with Gasteiger partial charge in [0.25, 0.3) is 12.3 Å². The number of carbonyl (C=O) groups is 1. The SMILES string of the molecule is CC(C)n1nnnc1-c1nc(NC(=O)c2cc(-c3cnn(C4CC4)c3)c(C(F)F)cn2)cs1. The molecule has 0 atom stereocenters. The molecule has 10 nitrogen and oxygen atoms in total. The van der Waals surface area contributed by atoms with Crippen LogP contribution in [0.4, 0.5) is 14.6 Å². The number of nitrogens with one attached hydrogen (secondary N) is 1. The molecule has 170 valence electrons. The second-order valence-corrected chi connectivity index (χ2v) is 8.79. The number of thiazole rings is 1. The molecule has 1 saturated carbocycles. The molecule has 1 amide bonds. The summed E-state index contributed by atoms with van der Waals surface area (Å²) in [5, 5.41) is 20.7. The van der Waals surface area contributed by atoms with Crippen molar-refractivity contribution in [1.29, 1.82) is 0 Å². The third kappa shape index (κ3) is 4.23. The highest BCUT2D eigenvalue weighted by atomic mass is 32.1. The van der Waals surface area contributed by atoms with Gasteiger partial charge in [-0.3, -0.25) is 14.5 Å². The summed E-state index contributed by atoms with van der Waals surface area (Å²) in [5.41, 5.74) is 0.491. The lowest BCUT2D eigenvalue weighted by molar-refractivity contribution is 0.102. The van der Waals surface area contributed by atoms with E-state index < -0.39 is 12.3 Å². The molecule has 0 saturated heterocycles. The normalized spacial score (nSPS) is 13.8. The number of pyridine rings is 1. The third-order valence-electron chi connectivity index (χ3n) is 5.16. The Morgan fingerprint density at radius 2 is 2.09 bits per heavy atom. The Morgan fingerprint density at radius 3 is 2.82 bits per heavy atom. The van der Waals surface area contributed by atoms with Crippen LogP contribution in [0.25, 0.3) is 22.0 Å². The van der Waals surface area contributed by atoms with Crippen LogP contribution in [0.2, 0.25) is 0 Å². The number of hydrogen-bond acceptors (Lipinski definition) is 8. The van der Waals surface area contributed by atoms with Crippen molar-refractivity contribution in [3.05, 3.63) is 41.3 Å². The van der Waals surface area contributed by atoms with Gasteiger partial charge in [0.1, 0.15) is 11.5 Å².